The summed E-state index contributed by atoms with van der Waals surface area (Å²) in [6, 6.07) is 2.59. The van der Waals surface area contributed by atoms with Crippen LogP contribution < -0.4 is 5.73 Å². The highest BCUT2D eigenvalue weighted by Crippen LogP contribution is 2.38. The van der Waals surface area contributed by atoms with Crippen molar-refractivity contribution in [1.29, 1.82) is 0 Å². The molecule has 1 nitrogen and oxygen atoms in total. The second-order valence-electron chi connectivity index (χ2n) is 4.45. The molecule has 6 heteroatoms. The van der Waals surface area contributed by atoms with E-state index in [0.29, 0.717) is 5.56 Å². The Hall–Kier alpha value is -0.810. The maximum atomic E-state index is 13.1. The molecule has 0 saturated heterocycles. The van der Waals surface area contributed by atoms with Crippen molar-refractivity contribution in [3.63, 3.8) is 0 Å². The topological polar surface area (TPSA) is 26.0 Å². The molecule has 1 aliphatic rings. The highest BCUT2D eigenvalue weighted by atomic mass is 35.5. The average Bonchev–Trinajstić information content (AvgIpc) is 2.13. The van der Waals surface area contributed by atoms with Crippen LogP contribution in [0.5, 0.6) is 0 Å². The van der Waals surface area contributed by atoms with Crippen LogP contribution in [0.2, 0.25) is 0 Å². The fraction of sp³-hybridized carbons (Fsp3) is 0.500. The molecule has 0 unspecified atom stereocenters. The van der Waals surface area contributed by atoms with Gasteiger partial charge in [-0.25, -0.2) is 4.39 Å². The van der Waals surface area contributed by atoms with E-state index in [0.717, 1.165) is 31.4 Å². The van der Waals surface area contributed by atoms with Gasteiger partial charge in [0.05, 0.1) is 5.56 Å². The van der Waals surface area contributed by atoms with Gasteiger partial charge in [-0.1, -0.05) is 12.5 Å². The van der Waals surface area contributed by atoms with E-state index in [1.54, 1.807) is 0 Å². The monoisotopic (exact) mass is 283 g/mol. The SMILES string of the molecule is Cl.N[C@@H](c1ccc(F)c(C(F)(F)F)c1)C1CCC1. The van der Waals surface area contributed by atoms with Crippen molar-refractivity contribution in [3.05, 3.63) is 35.1 Å². The van der Waals surface area contributed by atoms with E-state index in [9.17, 15) is 17.6 Å². The van der Waals surface area contributed by atoms with Crippen molar-refractivity contribution < 1.29 is 17.6 Å². The standard InChI is InChI=1S/C12H13F4N.ClH/c13-10-5-4-8(6-9(10)12(14,15)16)11(17)7-2-1-3-7;/h4-7,11H,1-3,17H2;1H/t11-;/m1./s1. The molecule has 1 aliphatic carbocycles. The third-order valence-electron chi connectivity index (χ3n) is 3.34. The molecule has 0 heterocycles. The van der Waals surface area contributed by atoms with Gasteiger partial charge >= 0.3 is 6.18 Å². The molecule has 18 heavy (non-hydrogen) atoms. The number of rotatable bonds is 2. The number of alkyl halides is 3. The zero-order valence-electron chi connectivity index (χ0n) is 9.51. The van der Waals surface area contributed by atoms with E-state index in [2.05, 4.69) is 0 Å². The van der Waals surface area contributed by atoms with Crippen molar-refractivity contribution in [3.8, 4) is 0 Å². The second kappa shape index (κ2) is 5.45. The van der Waals surface area contributed by atoms with Crippen molar-refractivity contribution in [2.45, 2.75) is 31.5 Å². The van der Waals surface area contributed by atoms with E-state index in [1.165, 1.54) is 6.07 Å². The molecule has 2 rings (SSSR count). The number of halogens is 5. The summed E-state index contributed by atoms with van der Waals surface area (Å²) in [6.45, 7) is 0. The molecule has 0 aliphatic heterocycles. The normalized spacial score (nSPS) is 17.8. The Bertz CT molecular complexity index is 415. The molecule has 1 fully saturated rings. The zero-order valence-corrected chi connectivity index (χ0v) is 10.3. The summed E-state index contributed by atoms with van der Waals surface area (Å²) in [5.74, 6) is -1.02. The highest BCUT2D eigenvalue weighted by Gasteiger charge is 2.35. The largest absolute Gasteiger partial charge is 0.419 e. The first-order chi connectivity index (χ1) is 7.89. The van der Waals surface area contributed by atoms with Crippen LogP contribution >= 0.6 is 12.4 Å². The van der Waals surface area contributed by atoms with E-state index in [-0.39, 0.29) is 18.3 Å². The van der Waals surface area contributed by atoms with Gasteiger partial charge in [0.15, 0.2) is 0 Å². The first-order valence-corrected chi connectivity index (χ1v) is 5.52. The Balaban J connectivity index is 0.00000162. The third kappa shape index (κ3) is 2.95. The molecular weight excluding hydrogens is 270 g/mol. The number of hydrogen-bond donors (Lipinski definition) is 1. The predicted octanol–water partition coefficient (Wildman–Crippen LogP) is 4.07. The fourth-order valence-electron chi connectivity index (χ4n) is 2.04. The van der Waals surface area contributed by atoms with E-state index in [4.69, 9.17) is 5.73 Å². The molecule has 1 atom stereocenters. The van der Waals surface area contributed by atoms with Gasteiger partial charge in [-0.2, -0.15) is 13.2 Å². The second-order valence-corrected chi connectivity index (χ2v) is 4.45. The van der Waals surface area contributed by atoms with Gasteiger partial charge in [0, 0.05) is 6.04 Å². The van der Waals surface area contributed by atoms with Crippen molar-refractivity contribution in [2.24, 2.45) is 11.7 Å². The van der Waals surface area contributed by atoms with Crippen molar-refractivity contribution in [1.82, 2.24) is 0 Å². The summed E-state index contributed by atoms with van der Waals surface area (Å²) in [5.41, 5.74) is 5.01. The molecule has 0 aromatic heterocycles. The van der Waals surface area contributed by atoms with Gasteiger partial charge in [0.2, 0.25) is 0 Å². The third-order valence-corrected chi connectivity index (χ3v) is 3.34. The summed E-state index contributed by atoms with van der Waals surface area (Å²) in [4.78, 5) is 0. The molecule has 1 aromatic rings. The van der Waals surface area contributed by atoms with Gasteiger partial charge in [-0.15, -0.1) is 12.4 Å². The summed E-state index contributed by atoms with van der Waals surface area (Å²) in [5, 5.41) is 0. The molecule has 102 valence electrons. The quantitative estimate of drug-likeness (QED) is 0.814. The first-order valence-electron chi connectivity index (χ1n) is 5.52. The minimum atomic E-state index is -4.67. The summed E-state index contributed by atoms with van der Waals surface area (Å²) >= 11 is 0. The highest BCUT2D eigenvalue weighted by molar-refractivity contribution is 5.85. The van der Waals surface area contributed by atoms with Crippen LogP contribution in [0.25, 0.3) is 0 Å². The maximum Gasteiger partial charge on any atom is 0.419 e. The maximum absolute atomic E-state index is 13.1. The molecule has 2 N–H and O–H groups in total. The first kappa shape index (κ1) is 15.2. The zero-order chi connectivity index (χ0) is 12.6. The van der Waals surface area contributed by atoms with Crippen LogP contribution in [0.15, 0.2) is 18.2 Å². The van der Waals surface area contributed by atoms with Crippen LogP contribution in [-0.4, -0.2) is 0 Å². The molecule has 1 aromatic carbocycles. The van der Waals surface area contributed by atoms with Gasteiger partial charge < -0.3 is 5.73 Å². The van der Waals surface area contributed by atoms with Crippen LogP contribution in [0.4, 0.5) is 17.6 Å². The lowest BCUT2D eigenvalue weighted by Crippen LogP contribution is -2.27. The number of nitrogens with two attached hydrogens (primary N) is 1. The van der Waals surface area contributed by atoms with E-state index >= 15 is 0 Å². The van der Waals surface area contributed by atoms with Gasteiger partial charge in [-0.3, -0.25) is 0 Å². The van der Waals surface area contributed by atoms with Crippen molar-refractivity contribution in [2.75, 3.05) is 0 Å². The molecule has 0 bridgehead atoms. The van der Waals surface area contributed by atoms with Gasteiger partial charge in [0.25, 0.3) is 0 Å². The average molecular weight is 284 g/mol. The van der Waals surface area contributed by atoms with Crippen LogP contribution in [0, 0.1) is 11.7 Å². The molecule has 0 radical (unpaired) electrons. The lowest BCUT2D eigenvalue weighted by molar-refractivity contribution is -0.140. The lowest BCUT2D eigenvalue weighted by atomic mass is 9.77. The number of hydrogen-bond acceptors (Lipinski definition) is 1. The van der Waals surface area contributed by atoms with Crippen LogP contribution in [0.3, 0.4) is 0 Å². The van der Waals surface area contributed by atoms with Crippen LogP contribution in [0.1, 0.15) is 36.4 Å². The van der Waals surface area contributed by atoms with Gasteiger partial charge in [-0.05, 0) is 36.5 Å². The fourth-order valence-corrected chi connectivity index (χ4v) is 2.04. The lowest BCUT2D eigenvalue weighted by Gasteiger charge is -2.31. The Morgan fingerprint density at radius 1 is 1.22 bits per heavy atom. The predicted molar refractivity (Wildman–Crippen MR) is 62.9 cm³/mol. The number of benzene rings is 1. The Labute approximate surface area is 109 Å². The molecule has 0 amide bonds. The van der Waals surface area contributed by atoms with Crippen molar-refractivity contribution >= 4 is 12.4 Å². The van der Waals surface area contributed by atoms with E-state index in [1.807, 2.05) is 0 Å². The van der Waals surface area contributed by atoms with Crippen LogP contribution in [-0.2, 0) is 6.18 Å². The smallest absolute Gasteiger partial charge is 0.324 e. The van der Waals surface area contributed by atoms with Gasteiger partial charge in [0.1, 0.15) is 5.82 Å². The Morgan fingerprint density at radius 3 is 2.28 bits per heavy atom. The Morgan fingerprint density at radius 2 is 1.83 bits per heavy atom. The summed E-state index contributed by atoms with van der Waals surface area (Å²) in [6.07, 6.45) is -1.75. The minimum Gasteiger partial charge on any atom is -0.324 e. The molecular formula is C12H14ClF4N. The summed E-state index contributed by atoms with van der Waals surface area (Å²) in [7, 11) is 0. The molecule has 1 saturated carbocycles. The molecule has 0 spiro atoms. The van der Waals surface area contributed by atoms with E-state index < -0.39 is 23.6 Å². The summed E-state index contributed by atoms with van der Waals surface area (Å²) < 4.78 is 50.6. The Kier molecular flexibility index (Phi) is 4.61. The minimum absolute atomic E-state index is 0.